The summed E-state index contributed by atoms with van der Waals surface area (Å²) in [7, 11) is 0. The number of anilines is 1. The monoisotopic (exact) mass is 313 g/mol. The minimum absolute atomic E-state index is 0.708. The first-order valence-corrected chi connectivity index (χ1v) is 7.92. The van der Waals surface area contributed by atoms with Crippen molar-refractivity contribution in [1.82, 2.24) is 19.8 Å². The van der Waals surface area contributed by atoms with E-state index in [2.05, 4.69) is 15.1 Å². The highest BCUT2D eigenvalue weighted by molar-refractivity contribution is 6.30. The van der Waals surface area contributed by atoms with E-state index < -0.39 is 0 Å². The van der Waals surface area contributed by atoms with Crippen molar-refractivity contribution in [1.29, 1.82) is 0 Å². The number of fused-ring (bicyclic) bond motifs is 1. The van der Waals surface area contributed by atoms with Gasteiger partial charge in [0.1, 0.15) is 5.82 Å². The quantitative estimate of drug-likeness (QED) is 0.727. The van der Waals surface area contributed by atoms with Gasteiger partial charge < -0.3 is 4.90 Å². The Labute approximate surface area is 133 Å². The van der Waals surface area contributed by atoms with Gasteiger partial charge in [-0.15, -0.1) is 15.3 Å². The lowest BCUT2D eigenvalue weighted by Crippen LogP contribution is -2.30. The van der Waals surface area contributed by atoms with Crippen molar-refractivity contribution in [3.05, 3.63) is 41.4 Å². The SMILES string of the molecule is Clc1ccc(-c2nnc3ccc(N4CCCCC4)nn23)cc1. The maximum absolute atomic E-state index is 5.95. The highest BCUT2D eigenvalue weighted by atomic mass is 35.5. The summed E-state index contributed by atoms with van der Waals surface area (Å²) >= 11 is 5.95. The average molecular weight is 314 g/mol. The molecular formula is C16H16ClN5. The van der Waals surface area contributed by atoms with Crippen molar-refractivity contribution in [3.8, 4) is 11.4 Å². The van der Waals surface area contributed by atoms with Gasteiger partial charge >= 0.3 is 0 Å². The first-order valence-electron chi connectivity index (χ1n) is 7.55. The van der Waals surface area contributed by atoms with Crippen molar-refractivity contribution in [2.75, 3.05) is 18.0 Å². The number of aromatic nitrogens is 4. The van der Waals surface area contributed by atoms with Crippen molar-refractivity contribution in [2.45, 2.75) is 19.3 Å². The fourth-order valence-corrected chi connectivity index (χ4v) is 2.98. The molecule has 0 saturated carbocycles. The van der Waals surface area contributed by atoms with Crippen molar-refractivity contribution >= 4 is 23.1 Å². The Morgan fingerprint density at radius 3 is 2.41 bits per heavy atom. The van der Waals surface area contributed by atoms with Crippen LogP contribution in [0.4, 0.5) is 5.82 Å². The van der Waals surface area contributed by atoms with Gasteiger partial charge in [-0.25, -0.2) is 0 Å². The van der Waals surface area contributed by atoms with E-state index in [1.54, 1.807) is 0 Å². The van der Waals surface area contributed by atoms with E-state index >= 15 is 0 Å². The van der Waals surface area contributed by atoms with Crippen LogP contribution in [0.3, 0.4) is 0 Å². The minimum atomic E-state index is 0.708. The summed E-state index contributed by atoms with van der Waals surface area (Å²) < 4.78 is 1.81. The van der Waals surface area contributed by atoms with Gasteiger partial charge in [0.25, 0.3) is 0 Å². The van der Waals surface area contributed by atoms with Gasteiger partial charge in [-0.2, -0.15) is 4.52 Å². The predicted molar refractivity (Wildman–Crippen MR) is 87.3 cm³/mol. The number of benzene rings is 1. The van der Waals surface area contributed by atoms with Gasteiger partial charge in [-0.3, -0.25) is 0 Å². The minimum Gasteiger partial charge on any atom is -0.355 e. The van der Waals surface area contributed by atoms with Gasteiger partial charge in [0.05, 0.1) is 0 Å². The molecule has 0 bridgehead atoms. The van der Waals surface area contributed by atoms with E-state index in [4.69, 9.17) is 16.7 Å². The van der Waals surface area contributed by atoms with Crippen molar-refractivity contribution in [2.24, 2.45) is 0 Å². The van der Waals surface area contributed by atoms with Crippen LogP contribution in [0.2, 0.25) is 5.02 Å². The second kappa shape index (κ2) is 5.57. The van der Waals surface area contributed by atoms with Gasteiger partial charge in [-0.05, 0) is 55.7 Å². The number of hydrogen-bond donors (Lipinski definition) is 0. The third kappa shape index (κ3) is 2.41. The van der Waals surface area contributed by atoms with Gasteiger partial charge in [0.15, 0.2) is 11.5 Å². The third-order valence-electron chi connectivity index (χ3n) is 4.03. The molecule has 1 aliphatic heterocycles. The molecule has 0 N–H and O–H groups in total. The first kappa shape index (κ1) is 13.5. The molecular weight excluding hydrogens is 298 g/mol. The molecule has 1 fully saturated rings. The molecule has 3 heterocycles. The summed E-state index contributed by atoms with van der Waals surface area (Å²) in [5.74, 6) is 1.73. The van der Waals surface area contributed by atoms with Gasteiger partial charge in [-0.1, -0.05) is 11.6 Å². The molecule has 1 aliphatic rings. The molecule has 0 radical (unpaired) electrons. The first-order chi connectivity index (χ1) is 10.8. The molecule has 3 aromatic rings. The van der Waals surface area contributed by atoms with Crippen molar-refractivity contribution in [3.63, 3.8) is 0 Å². The second-order valence-electron chi connectivity index (χ2n) is 5.54. The maximum atomic E-state index is 5.95. The van der Waals surface area contributed by atoms with Crippen LogP contribution in [0.5, 0.6) is 0 Å². The van der Waals surface area contributed by atoms with E-state index in [1.807, 2.05) is 40.9 Å². The standard InChI is InChI=1S/C16H16ClN5/c17-13-6-4-12(5-7-13)16-19-18-14-8-9-15(20-22(14)16)21-10-2-1-3-11-21/h4-9H,1-3,10-11H2. The maximum Gasteiger partial charge on any atom is 0.185 e. The second-order valence-corrected chi connectivity index (χ2v) is 5.98. The van der Waals surface area contributed by atoms with E-state index in [1.165, 1.54) is 19.3 Å². The van der Waals surface area contributed by atoms with E-state index in [-0.39, 0.29) is 0 Å². The van der Waals surface area contributed by atoms with Crippen LogP contribution >= 0.6 is 11.6 Å². The summed E-state index contributed by atoms with van der Waals surface area (Å²) in [4.78, 5) is 2.33. The summed E-state index contributed by atoms with van der Waals surface area (Å²) in [5.41, 5.74) is 1.71. The molecule has 0 aliphatic carbocycles. The molecule has 22 heavy (non-hydrogen) atoms. The molecule has 0 unspecified atom stereocenters. The molecule has 0 amide bonds. The molecule has 4 rings (SSSR count). The lowest BCUT2D eigenvalue weighted by molar-refractivity contribution is 0.570. The molecule has 112 valence electrons. The zero-order valence-electron chi connectivity index (χ0n) is 12.1. The molecule has 0 atom stereocenters. The average Bonchev–Trinajstić information content (AvgIpc) is 2.99. The number of nitrogens with zero attached hydrogens (tertiary/aromatic N) is 5. The summed E-state index contributed by atoms with van der Waals surface area (Å²) in [6, 6.07) is 11.6. The number of halogens is 1. The van der Waals surface area contributed by atoms with Crippen LogP contribution in [0.25, 0.3) is 17.0 Å². The Hall–Kier alpha value is -2.14. The summed E-state index contributed by atoms with van der Waals surface area (Å²) in [6.45, 7) is 2.13. The fourth-order valence-electron chi connectivity index (χ4n) is 2.85. The molecule has 6 heteroatoms. The Balaban J connectivity index is 1.77. The Morgan fingerprint density at radius 2 is 1.64 bits per heavy atom. The van der Waals surface area contributed by atoms with Gasteiger partial charge in [0, 0.05) is 23.7 Å². The van der Waals surface area contributed by atoms with Crippen LogP contribution < -0.4 is 4.90 Å². The number of rotatable bonds is 2. The van der Waals surface area contributed by atoms with Crippen LogP contribution in [0, 0.1) is 0 Å². The van der Waals surface area contributed by atoms with Crippen LogP contribution in [-0.2, 0) is 0 Å². The molecule has 0 spiro atoms. The number of piperidine rings is 1. The van der Waals surface area contributed by atoms with Crippen LogP contribution in [0.1, 0.15) is 19.3 Å². The van der Waals surface area contributed by atoms with E-state index in [0.29, 0.717) is 5.02 Å². The van der Waals surface area contributed by atoms with Crippen LogP contribution in [0.15, 0.2) is 36.4 Å². The molecule has 1 aromatic carbocycles. The lowest BCUT2D eigenvalue weighted by Gasteiger charge is -2.27. The summed E-state index contributed by atoms with van der Waals surface area (Å²) in [6.07, 6.45) is 3.76. The number of hydrogen-bond acceptors (Lipinski definition) is 4. The summed E-state index contributed by atoms with van der Waals surface area (Å²) in [5, 5.41) is 13.9. The topological polar surface area (TPSA) is 46.3 Å². The van der Waals surface area contributed by atoms with E-state index in [0.717, 1.165) is 35.9 Å². The highest BCUT2D eigenvalue weighted by Gasteiger charge is 2.15. The Bertz CT molecular complexity index is 790. The fraction of sp³-hybridized carbons (Fsp3) is 0.312. The third-order valence-corrected chi connectivity index (χ3v) is 4.28. The van der Waals surface area contributed by atoms with Crippen molar-refractivity contribution < 1.29 is 0 Å². The molecule has 1 saturated heterocycles. The molecule has 2 aromatic heterocycles. The normalized spacial score (nSPS) is 15.4. The predicted octanol–water partition coefficient (Wildman–Crippen LogP) is 3.44. The largest absolute Gasteiger partial charge is 0.355 e. The lowest BCUT2D eigenvalue weighted by atomic mass is 10.1. The smallest absolute Gasteiger partial charge is 0.185 e. The van der Waals surface area contributed by atoms with Gasteiger partial charge in [0.2, 0.25) is 0 Å². The Kier molecular flexibility index (Phi) is 3.42. The zero-order chi connectivity index (χ0) is 14.9. The molecule has 5 nitrogen and oxygen atoms in total. The van der Waals surface area contributed by atoms with E-state index in [9.17, 15) is 0 Å². The zero-order valence-corrected chi connectivity index (χ0v) is 12.9. The van der Waals surface area contributed by atoms with Crippen LogP contribution in [-0.4, -0.2) is 32.9 Å². The Morgan fingerprint density at radius 1 is 0.864 bits per heavy atom. The highest BCUT2D eigenvalue weighted by Crippen LogP contribution is 2.22.